The predicted molar refractivity (Wildman–Crippen MR) is 54.9 cm³/mol. The van der Waals surface area contributed by atoms with Crippen molar-refractivity contribution >= 4 is 23.4 Å². The van der Waals surface area contributed by atoms with Crippen LogP contribution in [0.2, 0.25) is 0 Å². The van der Waals surface area contributed by atoms with Crippen molar-refractivity contribution in [2.45, 2.75) is 32.2 Å². The Morgan fingerprint density at radius 3 is 3.08 bits per heavy atom. The molecule has 0 radical (unpaired) electrons. The largest absolute Gasteiger partial charge is 0.273 e. The Bertz CT molecular complexity index is 246. The van der Waals surface area contributed by atoms with Gasteiger partial charge in [-0.1, -0.05) is 0 Å². The molecule has 0 saturated carbocycles. The number of hydrazone groups is 1. The van der Waals surface area contributed by atoms with E-state index in [9.17, 15) is 4.79 Å². The maximum atomic E-state index is 11.5. The van der Waals surface area contributed by atoms with Gasteiger partial charge in [-0.15, -0.1) is 0 Å². The molecule has 1 saturated heterocycles. The molecule has 0 bridgehead atoms. The number of rotatable bonds is 1. The molecule has 3 nitrogen and oxygen atoms in total. The van der Waals surface area contributed by atoms with Crippen molar-refractivity contribution in [3.05, 3.63) is 0 Å². The lowest BCUT2D eigenvalue weighted by molar-refractivity contribution is -0.133. The van der Waals surface area contributed by atoms with E-state index in [-0.39, 0.29) is 5.91 Å². The van der Waals surface area contributed by atoms with Crippen molar-refractivity contribution in [2.24, 2.45) is 5.10 Å². The standard InChI is InChI=1S/C9H14N2OS/c1-7-2-3-9(12)11(10-7)8-4-5-13-6-8/h8H,2-6H2,1H3. The smallest absolute Gasteiger partial charge is 0.243 e. The Morgan fingerprint density at radius 1 is 1.54 bits per heavy atom. The van der Waals surface area contributed by atoms with E-state index in [0.29, 0.717) is 12.5 Å². The lowest BCUT2D eigenvalue weighted by Crippen LogP contribution is -2.39. The SMILES string of the molecule is CC1=NN(C2CCSC2)C(=O)CC1. The van der Waals surface area contributed by atoms with E-state index < -0.39 is 0 Å². The zero-order valence-electron chi connectivity index (χ0n) is 7.82. The minimum atomic E-state index is 0.207. The number of hydrogen-bond donors (Lipinski definition) is 0. The molecular formula is C9H14N2OS. The Hall–Kier alpha value is -0.510. The quantitative estimate of drug-likeness (QED) is 0.639. The van der Waals surface area contributed by atoms with Gasteiger partial charge in [-0.25, -0.2) is 5.01 Å². The molecule has 0 aromatic heterocycles. The molecule has 2 heterocycles. The van der Waals surface area contributed by atoms with Gasteiger partial charge in [0.05, 0.1) is 6.04 Å². The van der Waals surface area contributed by atoms with Gasteiger partial charge in [-0.05, 0) is 25.5 Å². The molecule has 13 heavy (non-hydrogen) atoms. The third-order valence-electron chi connectivity index (χ3n) is 2.49. The van der Waals surface area contributed by atoms with Crippen LogP contribution in [-0.2, 0) is 4.79 Å². The summed E-state index contributed by atoms with van der Waals surface area (Å²) in [6, 6.07) is 0.368. The van der Waals surface area contributed by atoms with Crippen LogP contribution in [0.5, 0.6) is 0 Å². The van der Waals surface area contributed by atoms with Gasteiger partial charge in [0.1, 0.15) is 0 Å². The summed E-state index contributed by atoms with van der Waals surface area (Å²) < 4.78 is 0. The van der Waals surface area contributed by atoms with Crippen LogP contribution < -0.4 is 0 Å². The maximum absolute atomic E-state index is 11.5. The molecule has 1 amide bonds. The van der Waals surface area contributed by atoms with Crippen LogP contribution in [0.4, 0.5) is 0 Å². The fraction of sp³-hybridized carbons (Fsp3) is 0.778. The predicted octanol–water partition coefficient (Wildman–Crippen LogP) is 1.49. The third kappa shape index (κ3) is 1.88. The van der Waals surface area contributed by atoms with E-state index in [2.05, 4.69) is 5.10 Å². The first-order valence-corrected chi connectivity index (χ1v) is 5.87. The van der Waals surface area contributed by atoms with Crippen LogP contribution in [-0.4, -0.2) is 34.2 Å². The Kier molecular flexibility index (Phi) is 2.58. The lowest BCUT2D eigenvalue weighted by atomic mass is 10.1. The van der Waals surface area contributed by atoms with Crippen molar-refractivity contribution in [1.82, 2.24) is 5.01 Å². The summed E-state index contributed by atoms with van der Waals surface area (Å²) in [5, 5.41) is 6.05. The third-order valence-corrected chi connectivity index (χ3v) is 3.63. The summed E-state index contributed by atoms with van der Waals surface area (Å²) in [5.74, 6) is 2.43. The number of thioether (sulfide) groups is 1. The number of carbonyl (C=O) groups is 1. The zero-order valence-corrected chi connectivity index (χ0v) is 8.64. The zero-order chi connectivity index (χ0) is 9.26. The van der Waals surface area contributed by atoms with Gasteiger partial charge >= 0.3 is 0 Å². The molecule has 2 aliphatic rings. The highest BCUT2D eigenvalue weighted by atomic mass is 32.2. The van der Waals surface area contributed by atoms with Crippen molar-refractivity contribution in [2.75, 3.05) is 11.5 Å². The van der Waals surface area contributed by atoms with E-state index in [1.165, 1.54) is 5.75 Å². The first-order valence-electron chi connectivity index (χ1n) is 4.71. The molecule has 2 rings (SSSR count). The van der Waals surface area contributed by atoms with Gasteiger partial charge < -0.3 is 0 Å². The second-order valence-electron chi connectivity index (χ2n) is 3.59. The van der Waals surface area contributed by atoms with Crippen LogP contribution in [0.1, 0.15) is 26.2 Å². The average Bonchev–Trinajstić information content (AvgIpc) is 2.61. The average molecular weight is 198 g/mol. The van der Waals surface area contributed by atoms with Gasteiger partial charge in [0.2, 0.25) is 5.91 Å². The molecule has 1 unspecified atom stereocenters. The highest BCUT2D eigenvalue weighted by molar-refractivity contribution is 7.99. The molecule has 0 aromatic rings. The van der Waals surface area contributed by atoms with Crippen LogP contribution in [0, 0.1) is 0 Å². The number of carbonyl (C=O) groups excluding carboxylic acids is 1. The van der Waals surface area contributed by atoms with E-state index in [1.54, 1.807) is 5.01 Å². The van der Waals surface area contributed by atoms with E-state index in [4.69, 9.17) is 0 Å². The van der Waals surface area contributed by atoms with Gasteiger partial charge in [-0.3, -0.25) is 4.79 Å². The molecular weight excluding hydrogens is 184 g/mol. The van der Waals surface area contributed by atoms with Gasteiger partial charge in [0, 0.05) is 17.9 Å². The molecule has 1 fully saturated rings. The first-order chi connectivity index (χ1) is 6.27. The summed E-state index contributed by atoms with van der Waals surface area (Å²) in [6.07, 6.45) is 2.60. The lowest BCUT2D eigenvalue weighted by Gasteiger charge is -2.27. The Balaban J connectivity index is 2.10. The Morgan fingerprint density at radius 2 is 2.38 bits per heavy atom. The summed E-state index contributed by atoms with van der Waals surface area (Å²) in [4.78, 5) is 11.5. The molecule has 0 N–H and O–H groups in total. The number of hydrogen-bond acceptors (Lipinski definition) is 3. The van der Waals surface area contributed by atoms with Crippen molar-refractivity contribution in [3.63, 3.8) is 0 Å². The van der Waals surface area contributed by atoms with Crippen LogP contribution in [0.25, 0.3) is 0 Å². The molecule has 4 heteroatoms. The summed E-state index contributed by atoms with van der Waals surface area (Å²) in [6.45, 7) is 2.00. The summed E-state index contributed by atoms with van der Waals surface area (Å²) in [5.41, 5.74) is 1.09. The maximum Gasteiger partial charge on any atom is 0.243 e. The van der Waals surface area contributed by atoms with Crippen molar-refractivity contribution in [1.29, 1.82) is 0 Å². The van der Waals surface area contributed by atoms with Crippen LogP contribution in [0.15, 0.2) is 5.10 Å². The fourth-order valence-electron chi connectivity index (χ4n) is 1.69. The minimum Gasteiger partial charge on any atom is -0.273 e. The molecule has 0 aromatic carbocycles. The monoisotopic (exact) mass is 198 g/mol. The summed E-state index contributed by atoms with van der Waals surface area (Å²) in [7, 11) is 0. The Labute approximate surface area is 82.6 Å². The highest BCUT2D eigenvalue weighted by Gasteiger charge is 2.28. The second-order valence-corrected chi connectivity index (χ2v) is 4.74. The highest BCUT2D eigenvalue weighted by Crippen LogP contribution is 2.25. The number of amides is 1. The van der Waals surface area contributed by atoms with Crippen molar-refractivity contribution in [3.8, 4) is 0 Å². The van der Waals surface area contributed by atoms with E-state index in [0.717, 1.165) is 24.3 Å². The topological polar surface area (TPSA) is 32.7 Å². The van der Waals surface area contributed by atoms with E-state index >= 15 is 0 Å². The summed E-state index contributed by atoms with van der Waals surface area (Å²) >= 11 is 1.92. The molecule has 0 spiro atoms. The minimum absolute atomic E-state index is 0.207. The second kappa shape index (κ2) is 3.70. The van der Waals surface area contributed by atoms with E-state index in [1.807, 2.05) is 18.7 Å². The molecule has 2 aliphatic heterocycles. The van der Waals surface area contributed by atoms with Crippen LogP contribution >= 0.6 is 11.8 Å². The van der Waals surface area contributed by atoms with Gasteiger partial charge in [-0.2, -0.15) is 16.9 Å². The number of nitrogens with zero attached hydrogens (tertiary/aromatic N) is 2. The molecule has 1 atom stereocenters. The normalized spacial score (nSPS) is 29.3. The van der Waals surface area contributed by atoms with Crippen LogP contribution in [0.3, 0.4) is 0 Å². The van der Waals surface area contributed by atoms with Gasteiger partial charge in [0.25, 0.3) is 0 Å². The van der Waals surface area contributed by atoms with Crippen molar-refractivity contribution < 1.29 is 4.79 Å². The fourth-order valence-corrected chi connectivity index (χ4v) is 2.88. The molecule has 0 aliphatic carbocycles. The first kappa shape index (κ1) is 9.06. The van der Waals surface area contributed by atoms with Gasteiger partial charge in [0.15, 0.2) is 0 Å². The molecule has 72 valence electrons.